The Morgan fingerprint density at radius 2 is 1.57 bits per heavy atom. The largest absolute Gasteiger partial charge is 0.478 e. The quantitative estimate of drug-likeness (QED) is 0.484. The third-order valence-corrected chi connectivity index (χ3v) is 4.69. The summed E-state index contributed by atoms with van der Waals surface area (Å²) in [4.78, 5) is 35.5. The van der Waals surface area contributed by atoms with E-state index in [0.29, 0.717) is 5.69 Å². The molecule has 0 aliphatic heterocycles. The van der Waals surface area contributed by atoms with Gasteiger partial charge in [0.05, 0.1) is 5.75 Å². The molecule has 0 fully saturated rings. The molecule has 0 aromatic heterocycles. The standard InChI is InChI=1S/C21H22N2O4S/c1-13-8-14(2)10-17(9-13)23-20(25)12-28-18-6-4-16(5-7-18)22-19(24)11-15(3)21(26)27/h4-11H,12H2,1-3H3,(H,22,24)(H,23,25)(H,26,27)/b15-11+. The molecular weight excluding hydrogens is 376 g/mol. The van der Waals surface area contributed by atoms with Crippen LogP contribution in [-0.4, -0.2) is 28.6 Å². The summed E-state index contributed by atoms with van der Waals surface area (Å²) >= 11 is 1.38. The van der Waals surface area contributed by atoms with Crippen molar-refractivity contribution < 1.29 is 19.5 Å². The lowest BCUT2D eigenvalue weighted by Crippen LogP contribution is -2.14. The molecule has 2 aromatic rings. The number of carbonyl (C=O) groups excluding carboxylic acids is 2. The van der Waals surface area contributed by atoms with E-state index >= 15 is 0 Å². The summed E-state index contributed by atoms with van der Waals surface area (Å²) in [6.45, 7) is 5.32. The van der Waals surface area contributed by atoms with Crippen LogP contribution >= 0.6 is 11.8 Å². The molecule has 2 amide bonds. The van der Waals surface area contributed by atoms with E-state index in [1.165, 1.54) is 18.7 Å². The number of rotatable bonds is 7. The summed E-state index contributed by atoms with van der Waals surface area (Å²) in [6, 6.07) is 12.9. The van der Waals surface area contributed by atoms with Crippen LogP contribution in [0.1, 0.15) is 18.1 Å². The average Bonchev–Trinajstić information content (AvgIpc) is 2.60. The van der Waals surface area contributed by atoms with Gasteiger partial charge in [-0.15, -0.1) is 11.8 Å². The van der Waals surface area contributed by atoms with Crippen LogP contribution in [0, 0.1) is 13.8 Å². The van der Waals surface area contributed by atoms with Crippen molar-refractivity contribution in [2.45, 2.75) is 25.7 Å². The molecule has 28 heavy (non-hydrogen) atoms. The maximum Gasteiger partial charge on any atom is 0.331 e. The number of thioether (sulfide) groups is 1. The zero-order valence-corrected chi connectivity index (χ0v) is 16.7. The van der Waals surface area contributed by atoms with Crippen LogP contribution in [-0.2, 0) is 14.4 Å². The molecule has 0 saturated heterocycles. The van der Waals surface area contributed by atoms with E-state index in [0.717, 1.165) is 27.8 Å². The summed E-state index contributed by atoms with van der Waals surface area (Å²) < 4.78 is 0. The SMILES string of the molecule is C/C(=C\C(=O)Nc1ccc(SCC(=O)Nc2cc(C)cc(C)c2)cc1)C(=O)O. The van der Waals surface area contributed by atoms with E-state index in [-0.39, 0.29) is 17.2 Å². The predicted molar refractivity (Wildman–Crippen MR) is 112 cm³/mol. The van der Waals surface area contributed by atoms with Gasteiger partial charge in [0, 0.05) is 27.9 Å². The summed E-state index contributed by atoms with van der Waals surface area (Å²) in [6.07, 6.45) is 1.03. The van der Waals surface area contributed by atoms with E-state index in [1.807, 2.05) is 32.0 Å². The van der Waals surface area contributed by atoms with Crippen molar-refractivity contribution in [3.8, 4) is 0 Å². The van der Waals surface area contributed by atoms with Crippen LogP contribution in [0.25, 0.3) is 0 Å². The second-order valence-corrected chi connectivity index (χ2v) is 7.41. The zero-order chi connectivity index (χ0) is 20.7. The highest BCUT2D eigenvalue weighted by atomic mass is 32.2. The molecule has 0 saturated carbocycles. The van der Waals surface area contributed by atoms with Crippen LogP contribution in [0.2, 0.25) is 0 Å². The molecule has 0 heterocycles. The maximum atomic E-state index is 12.1. The molecule has 3 N–H and O–H groups in total. The molecule has 0 aliphatic carbocycles. The van der Waals surface area contributed by atoms with Crippen molar-refractivity contribution in [2.24, 2.45) is 0 Å². The van der Waals surface area contributed by atoms with E-state index in [1.54, 1.807) is 24.3 Å². The second kappa shape index (κ2) is 9.75. The van der Waals surface area contributed by atoms with Gasteiger partial charge in [-0.25, -0.2) is 4.79 Å². The third-order valence-electron chi connectivity index (χ3n) is 3.68. The number of amides is 2. The normalized spacial score (nSPS) is 11.0. The number of hydrogen-bond donors (Lipinski definition) is 3. The molecular formula is C21H22N2O4S. The van der Waals surface area contributed by atoms with Gasteiger partial charge >= 0.3 is 5.97 Å². The number of nitrogens with one attached hydrogen (secondary N) is 2. The van der Waals surface area contributed by atoms with Gasteiger partial charge in [-0.1, -0.05) is 6.07 Å². The number of carbonyl (C=O) groups is 3. The number of carboxylic acids is 1. The Morgan fingerprint density at radius 1 is 0.964 bits per heavy atom. The van der Waals surface area contributed by atoms with Crippen molar-refractivity contribution in [3.05, 3.63) is 65.2 Å². The highest BCUT2D eigenvalue weighted by Gasteiger charge is 2.07. The van der Waals surface area contributed by atoms with Crippen molar-refractivity contribution in [1.82, 2.24) is 0 Å². The molecule has 0 atom stereocenters. The van der Waals surface area contributed by atoms with Gasteiger partial charge < -0.3 is 15.7 Å². The van der Waals surface area contributed by atoms with Crippen molar-refractivity contribution in [2.75, 3.05) is 16.4 Å². The molecule has 2 rings (SSSR count). The van der Waals surface area contributed by atoms with Gasteiger partial charge in [0.2, 0.25) is 11.8 Å². The van der Waals surface area contributed by atoms with Crippen LogP contribution < -0.4 is 10.6 Å². The Hall–Kier alpha value is -3.06. The molecule has 0 unspecified atom stereocenters. The van der Waals surface area contributed by atoms with Gasteiger partial charge in [-0.3, -0.25) is 9.59 Å². The minimum atomic E-state index is -1.14. The van der Waals surface area contributed by atoms with Gasteiger partial charge in [0.25, 0.3) is 0 Å². The number of hydrogen-bond acceptors (Lipinski definition) is 4. The first-order chi connectivity index (χ1) is 13.2. The van der Waals surface area contributed by atoms with Crippen molar-refractivity contribution in [3.63, 3.8) is 0 Å². The van der Waals surface area contributed by atoms with Crippen LogP contribution in [0.4, 0.5) is 11.4 Å². The van der Waals surface area contributed by atoms with Gasteiger partial charge in [0.1, 0.15) is 0 Å². The molecule has 0 bridgehead atoms. The first kappa shape index (κ1) is 21.2. The number of aliphatic carboxylic acids is 1. The predicted octanol–water partition coefficient (Wildman–Crippen LogP) is 4.00. The third kappa shape index (κ3) is 6.92. The van der Waals surface area contributed by atoms with Crippen molar-refractivity contribution in [1.29, 1.82) is 0 Å². The molecule has 7 heteroatoms. The second-order valence-electron chi connectivity index (χ2n) is 6.36. The van der Waals surface area contributed by atoms with Gasteiger partial charge in [-0.05, 0) is 68.3 Å². The lowest BCUT2D eigenvalue weighted by Gasteiger charge is -2.08. The fourth-order valence-electron chi connectivity index (χ4n) is 2.46. The molecule has 2 aromatic carbocycles. The van der Waals surface area contributed by atoms with Crippen LogP contribution in [0.5, 0.6) is 0 Å². The molecule has 0 radical (unpaired) electrons. The highest BCUT2D eigenvalue weighted by molar-refractivity contribution is 8.00. The zero-order valence-electron chi connectivity index (χ0n) is 15.9. The molecule has 6 nitrogen and oxygen atoms in total. The lowest BCUT2D eigenvalue weighted by atomic mass is 10.1. The van der Waals surface area contributed by atoms with Gasteiger partial charge in [-0.2, -0.15) is 0 Å². The van der Waals surface area contributed by atoms with E-state index in [9.17, 15) is 14.4 Å². The Morgan fingerprint density at radius 3 is 2.14 bits per heavy atom. The smallest absolute Gasteiger partial charge is 0.331 e. The summed E-state index contributed by atoms with van der Waals surface area (Å²) in [5.41, 5.74) is 3.47. The van der Waals surface area contributed by atoms with Crippen LogP contribution in [0.15, 0.2) is 59.0 Å². The highest BCUT2D eigenvalue weighted by Crippen LogP contribution is 2.21. The first-order valence-electron chi connectivity index (χ1n) is 8.56. The molecule has 0 aliphatic rings. The average molecular weight is 398 g/mol. The minimum absolute atomic E-state index is 0.0421. The van der Waals surface area contributed by atoms with E-state index in [2.05, 4.69) is 10.6 Å². The molecule has 0 spiro atoms. The molecule has 146 valence electrons. The Labute approximate surface area is 168 Å². The Bertz CT molecular complexity index is 900. The monoisotopic (exact) mass is 398 g/mol. The van der Waals surface area contributed by atoms with E-state index in [4.69, 9.17) is 5.11 Å². The lowest BCUT2D eigenvalue weighted by molar-refractivity contribution is -0.132. The Balaban J connectivity index is 1.86. The van der Waals surface area contributed by atoms with Gasteiger partial charge in [0.15, 0.2) is 0 Å². The van der Waals surface area contributed by atoms with Crippen LogP contribution in [0.3, 0.4) is 0 Å². The minimum Gasteiger partial charge on any atom is -0.478 e. The number of anilines is 2. The van der Waals surface area contributed by atoms with Crippen molar-refractivity contribution >= 4 is 40.9 Å². The summed E-state index contributed by atoms with van der Waals surface area (Å²) in [5, 5.41) is 14.3. The summed E-state index contributed by atoms with van der Waals surface area (Å²) in [5.74, 6) is -1.48. The number of carboxylic acid groups (broad SMARTS) is 1. The number of benzene rings is 2. The fourth-order valence-corrected chi connectivity index (χ4v) is 3.16. The maximum absolute atomic E-state index is 12.1. The number of aryl methyl sites for hydroxylation is 2. The fraction of sp³-hybridized carbons (Fsp3) is 0.190. The Kier molecular flexibility index (Phi) is 7.40. The van der Waals surface area contributed by atoms with E-state index < -0.39 is 11.9 Å². The topological polar surface area (TPSA) is 95.5 Å². The summed E-state index contributed by atoms with van der Waals surface area (Å²) in [7, 11) is 0. The first-order valence-corrected chi connectivity index (χ1v) is 9.55.